The lowest BCUT2D eigenvalue weighted by molar-refractivity contribution is 0.572. The average molecular weight is 378 g/mol. The third kappa shape index (κ3) is 4.28. The first-order valence-corrected chi connectivity index (χ1v) is 9.67. The predicted molar refractivity (Wildman–Crippen MR) is 110 cm³/mol. The molecule has 1 aliphatic heterocycles. The second kappa shape index (κ2) is 8.35. The molecule has 1 aromatic carbocycles. The molecule has 8 heteroatoms. The number of rotatable bonds is 7. The van der Waals surface area contributed by atoms with E-state index in [9.17, 15) is 0 Å². The lowest BCUT2D eigenvalue weighted by Crippen LogP contribution is -2.28. The molecule has 8 nitrogen and oxygen atoms in total. The maximum absolute atomic E-state index is 4.67. The quantitative estimate of drug-likeness (QED) is 0.652. The van der Waals surface area contributed by atoms with Crippen LogP contribution in [0.2, 0.25) is 0 Å². The van der Waals surface area contributed by atoms with Crippen LogP contribution in [0, 0.1) is 5.92 Å². The smallest absolute Gasteiger partial charge is 0.229 e. The lowest BCUT2D eigenvalue weighted by Gasteiger charge is -2.21. The Morgan fingerprint density at radius 2 is 2.11 bits per heavy atom. The zero-order valence-electron chi connectivity index (χ0n) is 16.3. The van der Waals surface area contributed by atoms with E-state index in [4.69, 9.17) is 0 Å². The first-order valence-electron chi connectivity index (χ1n) is 9.67. The summed E-state index contributed by atoms with van der Waals surface area (Å²) in [5.74, 6) is 1.88. The van der Waals surface area contributed by atoms with E-state index in [2.05, 4.69) is 42.5 Å². The van der Waals surface area contributed by atoms with Gasteiger partial charge >= 0.3 is 0 Å². The third-order valence-electron chi connectivity index (χ3n) is 5.01. The van der Waals surface area contributed by atoms with E-state index in [-0.39, 0.29) is 6.04 Å². The molecule has 1 aliphatic rings. The van der Waals surface area contributed by atoms with E-state index < -0.39 is 0 Å². The van der Waals surface area contributed by atoms with E-state index >= 15 is 0 Å². The monoisotopic (exact) mass is 378 g/mol. The van der Waals surface area contributed by atoms with Gasteiger partial charge in [-0.05, 0) is 50.6 Å². The van der Waals surface area contributed by atoms with Crippen molar-refractivity contribution in [3.63, 3.8) is 0 Å². The molecular formula is C20H26N8. The van der Waals surface area contributed by atoms with Crippen LogP contribution in [0.4, 0.5) is 11.9 Å². The highest BCUT2D eigenvalue weighted by Gasteiger charge is 2.18. The van der Waals surface area contributed by atoms with E-state index in [0.717, 1.165) is 31.0 Å². The van der Waals surface area contributed by atoms with Gasteiger partial charge in [0.1, 0.15) is 6.33 Å². The largest absolute Gasteiger partial charge is 0.346 e. The number of nitrogens with zero attached hydrogens (tertiary/aromatic N) is 6. The average Bonchev–Trinajstić information content (AvgIpc) is 3.41. The minimum absolute atomic E-state index is 0.0236. The molecule has 2 unspecified atom stereocenters. The Kier molecular flexibility index (Phi) is 5.48. The summed E-state index contributed by atoms with van der Waals surface area (Å²) in [5, 5.41) is 11.4. The van der Waals surface area contributed by atoms with Crippen LogP contribution >= 0.6 is 0 Å². The van der Waals surface area contributed by atoms with Gasteiger partial charge in [-0.3, -0.25) is 0 Å². The number of para-hydroxylation sites is 1. The van der Waals surface area contributed by atoms with Crippen molar-refractivity contribution in [3.05, 3.63) is 54.6 Å². The molecule has 2 atom stereocenters. The minimum atomic E-state index is -0.0236. The Morgan fingerprint density at radius 3 is 2.89 bits per heavy atom. The summed E-state index contributed by atoms with van der Waals surface area (Å²) in [6.07, 6.45) is 4.72. The Balaban J connectivity index is 1.42. The van der Waals surface area contributed by atoms with Gasteiger partial charge in [0, 0.05) is 19.8 Å². The fraction of sp³-hybridized carbons (Fsp3) is 0.400. The summed E-state index contributed by atoms with van der Waals surface area (Å²) in [5.41, 5.74) is 1.96. The zero-order valence-corrected chi connectivity index (χ0v) is 16.3. The molecule has 2 N–H and O–H groups in total. The molecule has 3 aromatic rings. The van der Waals surface area contributed by atoms with Crippen LogP contribution < -0.4 is 15.5 Å². The van der Waals surface area contributed by atoms with Crippen molar-refractivity contribution in [2.45, 2.75) is 19.4 Å². The highest BCUT2D eigenvalue weighted by molar-refractivity contribution is 5.37. The molecule has 0 radical (unpaired) electrons. The van der Waals surface area contributed by atoms with Crippen molar-refractivity contribution in [2.24, 2.45) is 5.92 Å². The molecule has 1 saturated heterocycles. The van der Waals surface area contributed by atoms with Gasteiger partial charge in [0.2, 0.25) is 11.9 Å². The maximum Gasteiger partial charge on any atom is 0.229 e. The van der Waals surface area contributed by atoms with Gasteiger partial charge in [-0.25, -0.2) is 14.6 Å². The van der Waals surface area contributed by atoms with E-state index in [0.29, 0.717) is 17.8 Å². The highest BCUT2D eigenvalue weighted by atomic mass is 15.3. The minimum Gasteiger partial charge on any atom is -0.346 e. The molecular weight excluding hydrogens is 352 g/mol. The molecule has 0 bridgehead atoms. The first-order chi connectivity index (χ1) is 13.7. The predicted octanol–water partition coefficient (Wildman–Crippen LogP) is 2.28. The fourth-order valence-electron chi connectivity index (χ4n) is 3.44. The number of nitrogens with one attached hydrogen (secondary N) is 2. The molecule has 0 amide bonds. The summed E-state index contributed by atoms with van der Waals surface area (Å²) in [6.45, 7) is 5.14. The molecule has 2 aromatic heterocycles. The number of aromatic nitrogens is 5. The molecule has 0 saturated carbocycles. The number of anilines is 2. The van der Waals surface area contributed by atoms with Crippen LogP contribution in [0.15, 0.2) is 48.9 Å². The SMILES string of the molecule is CC(Nc1ncnc(N(C)CC2CCNC2)n1)c1ccn(-c2ccccc2)n1. The van der Waals surface area contributed by atoms with Gasteiger partial charge in [0.25, 0.3) is 0 Å². The highest BCUT2D eigenvalue weighted by Crippen LogP contribution is 2.18. The molecule has 1 fully saturated rings. The molecule has 28 heavy (non-hydrogen) atoms. The number of hydrogen-bond acceptors (Lipinski definition) is 7. The summed E-state index contributed by atoms with van der Waals surface area (Å²) in [7, 11) is 2.03. The van der Waals surface area contributed by atoms with Gasteiger partial charge < -0.3 is 15.5 Å². The van der Waals surface area contributed by atoms with E-state index in [1.165, 1.54) is 6.42 Å². The zero-order chi connectivity index (χ0) is 19.3. The van der Waals surface area contributed by atoms with Crippen molar-refractivity contribution in [1.29, 1.82) is 0 Å². The van der Waals surface area contributed by atoms with Crippen molar-refractivity contribution in [1.82, 2.24) is 30.0 Å². The molecule has 0 aliphatic carbocycles. The van der Waals surface area contributed by atoms with Gasteiger partial charge in [0.15, 0.2) is 0 Å². The van der Waals surface area contributed by atoms with Crippen LogP contribution in [-0.2, 0) is 0 Å². The van der Waals surface area contributed by atoms with Crippen LogP contribution in [0.5, 0.6) is 0 Å². The third-order valence-corrected chi connectivity index (χ3v) is 5.01. The summed E-state index contributed by atoms with van der Waals surface area (Å²) in [6, 6.07) is 12.0. The van der Waals surface area contributed by atoms with Gasteiger partial charge in [-0.2, -0.15) is 10.1 Å². The fourth-order valence-corrected chi connectivity index (χ4v) is 3.44. The summed E-state index contributed by atoms with van der Waals surface area (Å²) in [4.78, 5) is 15.3. The molecule has 0 spiro atoms. The standard InChI is InChI=1S/C20H26N8/c1-15(18-9-11-28(26-18)17-6-4-3-5-7-17)24-19-22-14-23-20(25-19)27(2)13-16-8-10-21-12-16/h3-7,9,11,14-16,21H,8,10,12-13H2,1-2H3,(H,22,23,24,25). The number of benzene rings is 1. The lowest BCUT2D eigenvalue weighted by atomic mass is 10.1. The molecule has 3 heterocycles. The van der Waals surface area contributed by atoms with Gasteiger partial charge in [-0.15, -0.1) is 0 Å². The first kappa shape index (κ1) is 18.4. The van der Waals surface area contributed by atoms with Gasteiger partial charge in [-0.1, -0.05) is 18.2 Å². The van der Waals surface area contributed by atoms with Crippen molar-refractivity contribution < 1.29 is 0 Å². The van der Waals surface area contributed by atoms with E-state index in [1.807, 2.05) is 54.3 Å². The molecule has 4 rings (SSSR count). The Morgan fingerprint density at radius 1 is 1.25 bits per heavy atom. The maximum atomic E-state index is 4.67. The van der Waals surface area contributed by atoms with Gasteiger partial charge in [0.05, 0.1) is 17.4 Å². The Hall–Kier alpha value is -3.00. The van der Waals surface area contributed by atoms with Crippen LogP contribution in [0.1, 0.15) is 25.1 Å². The summed E-state index contributed by atoms with van der Waals surface area (Å²) < 4.78 is 1.87. The van der Waals surface area contributed by atoms with Crippen LogP contribution in [0.3, 0.4) is 0 Å². The normalized spacial score (nSPS) is 17.4. The second-order valence-corrected chi connectivity index (χ2v) is 7.24. The Bertz CT molecular complexity index is 888. The second-order valence-electron chi connectivity index (χ2n) is 7.24. The van der Waals surface area contributed by atoms with Crippen molar-refractivity contribution in [2.75, 3.05) is 36.9 Å². The van der Waals surface area contributed by atoms with Crippen LogP contribution in [0.25, 0.3) is 5.69 Å². The summed E-state index contributed by atoms with van der Waals surface area (Å²) >= 11 is 0. The van der Waals surface area contributed by atoms with Crippen molar-refractivity contribution >= 4 is 11.9 Å². The topological polar surface area (TPSA) is 83.8 Å². The molecule has 146 valence electrons. The van der Waals surface area contributed by atoms with Crippen LogP contribution in [-0.4, -0.2) is 51.4 Å². The van der Waals surface area contributed by atoms with E-state index in [1.54, 1.807) is 6.33 Å². The number of hydrogen-bond donors (Lipinski definition) is 2. The Labute approximate surface area is 165 Å². The van der Waals surface area contributed by atoms with Crippen molar-refractivity contribution in [3.8, 4) is 5.69 Å².